The summed E-state index contributed by atoms with van der Waals surface area (Å²) in [4.78, 5) is 42.0. The summed E-state index contributed by atoms with van der Waals surface area (Å²) < 4.78 is 9.92. The number of nitrogens with zero attached hydrogens (tertiary/aromatic N) is 4. The zero-order valence-electron chi connectivity index (χ0n) is 27.8. The summed E-state index contributed by atoms with van der Waals surface area (Å²) in [7, 11) is 2.80. The lowest BCUT2D eigenvalue weighted by Crippen LogP contribution is -2.01. The first kappa shape index (κ1) is 31.8. The first-order valence-electron chi connectivity index (χ1n) is 15.9. The highest BCUT2D eigenvalue weighted by Crippen LogP contribution is 2.39. The summed E-state index contributed by atoms with van der Waals surface area (Å²) >= 11 is 0. The Kier molecular flexibility index (Phi) is 8.77. The predicted octanol–water partition coefficient (Wildman–Crippen LogP) is 8.24. The van der Waals surface area contributed by atoms with Gasteiger partial charge in [-0.15, -0.1) is 0 Å². The van der Waals surface area contributed by atoms with E-state index in [9.17, 15) is 9.59 Å². The normalized spacial score (nSPS) is 15.8. The minimum atomic E-state index is -0.286. The average molecular weight is 633 g/mol. The van der Waals surface area contributed by atoms with Crippen LogP contribution >= 0.6 is 0 Å². The maximum absolute atomic E-state index is 12.2. The first-order valence-corrected chi connectivity index (χ1v) is 15.9. The lowest BCUT2D eigenvalue weighted by Gasteiger charge is -2.06. The van der Waals surface area contributed by atoms with Crippen LogP contribution in [0, 0.1) is 13.8 Å². The molecule has 3 aliphatic heterocycles. The molecule has 6 rings (SSSR count). The molecule has 3 aliphatic rings. The smallest absolute Gasteiger partial charge is 0.305 e. The molecule has 47 heavy (non-hydrogen) atoms. The van der Waals surface area contributed by atoms with Crippen molar-refractivity contribution in [3.8, 4) is 0 Å². The summed E-state index contributed by atoms with van der Waals surface area (Å²) in [5, 5.41) is 8.89. The summed E-state index contributed by atoms with van der Waals surface area (Å²) in [5.41, 5.74) is 15.0. The van der Waals surface area contributed by atoms with E-state index in [4.69, 9.17) is 19.4 Å². The third kappa shape index (κ3) is 5.95. The van der Waals surface area contributed by atoms with Gasteiger partial charge in [-0.25, -0.2) is 9.97 Å². The molecule has 0 spiro atoms. The monoisotopic (exact) mass is 632 g/mol. The van der Waals surface area contributed by atoms with Gasteiger partial charge in [0, 0.05) is 46.0 Å². The van der Waals surface area contributed by atoms with Crippen molar-refractivity contribution in [2.24, 2.45) is 10.2 Å². The topological polar surface area (TPSA) is 135 Å². The van der Waals surface area contributed by atoms with Crippen molar-refractivity contribution in [1.29, 1.82) is 0 Å². The highest BCUT2D eigenvalue weighted by atomic mass is 16.5. The number of nitrogens with one attached hydrogen (secondary N) is 2. The SMILES string of the molecule is C=Cc1c(C)c2cc3[nH]c(cc4nc(cc5nc(cc1[nH]2)C(C)=C5CCC(=O)OC)C(CCC(=O)OC)=C4C)c(C)c3C1CCN=N1. The van der Waals surface area contributed by atoms with E-state index in [-0.39, 0.29) is 30.8 Å². The van der Waals surface area contributed by atoms with Gasteiger partial charge in [-0.2, -0.15) is 10.2 Å². The molecular formula is C37H40N6O4. The van der Waals surface area contributed by atoms with Crippen molar-refractivity contribution in [2.75, 3.05) is 20.8 Å². The van der Waals surface area contributed by atoms with Gasteiger partial charge in [0.25, 0.3) is 0 Å². The lowest BCUT2D eigenvalue weighted by molar-refractivity contribution is -0.141. The van der Waals surface area contributed by atoms with Crippen LogP contribution in [0.3, 0.4) is 0 Å². The second kappa shape index (κ2) is 12.9. The number of azo groups is 1. The third-order valence-electron chi connectivity index (χ3n) is 9.51. The summed E-state index contributed by atoms with van der Waals surface area (Å²) in [6, 6.07) is 8.20. The number of esters is 2. The fourth-order valence-corrected chi connectivity index (χ4v) is 6.72. The quantitative estimate of drug-likeness (QED) is 0.240. The van der Waals surface area contributed by atoms with Crippen LogP contribution in [-0.2, 0) is 19.1 Å². The standard InChI is InChI=1S/C37H40N6O4/c1-8-23-19(2)29-17-34-37(26-13-14-38-43-26)22(5)30(42-34)15-27-20(3)24(9-11-35(44)46-6)32(40-27)18-33-25(10-12-36(45)47-7)21(4)28(41-33)16-31(23)39-29/h8,15-18,26,39,42H,1,9-14H2,2-7H3. The van der Waals surface area contributed by atoms with Crippen molar-refractivity contribution >= 4 is 62.4 Å². The van der Waals surface area contributed by atoms with E-state index in [1.54, 1.807) is 0 Å². The van der Waals surface area contributed by atoms with Gasteiger partial charge in [0.05, 0.1) is 49.6 Å². The van der Waals surface area contributed by atoms with Crippen molar-refractivity contribution in [3.05, 3.63) is 75.9 Å². The molecule has 242 valence electrons. The number of aryl methyl sites for hydroxylation is 2. The fourth-order valence-electron chi connectivity index (χ4n) is 6.72. The molecule has 8 bridgehead atoms. The second-order valence-electron chi connectivity index (χ2n) is 12.2. The van der Waals surface area contributed by atoms with Crippen LogP contribution in [0.4, 0.5) is 0 Å². The van der Waals surface area contributed by atoms with Crippen LogP contribution in [0.1, 0.15) is 97.0 Å². The van der Waals surface area contributed by atoms with Crippen LogP contribution < -0.4 is 0 Å². The largest absolute Gasteiger partial charge is 0.469 e. The summed E-state index contributed by atoms with van der Waals surface area (Å²) in [6.45, 7) is 13.1. The molecule has 1 unspecified atom stereocenters. The van der Waals surface area contributed by atoms with E-state index in [0.29, 0.717) is 19.4 Å². The molecule has 1 atom stereocenters. The van der Waals surface area contributed by atoms with Crippen molar-refractivity contribution in [3.63, 3.8) is 0 Å². The van der Waals surface area contributed by atoms with E-state index in [1.165, 1.54) is 14.2 Å². The van der Waals surface area contributed by atoms with Gasteiger partial charge in [-0.3, -0.25) is 9.59 Å². The number of H-pyrrole nitrogens is 2. The van der Waals surface area contributed by atoms with Crippen LogP contribution in [0.25, 0.3) is 50.4 Å². The van der Waals surface area contributed by atoms with Crippen molar-refractivity contribution in [1.82, 2.24) is 19.9 Å². The molecule has 0 aliphatic carbocycles. The van der Waals surface area contributed by atoms with Gasteiger partial charge in [0.2, 0.25) is 0 Å². The fraction of sp³-hybridized carbons (Fsp3) is 0.351. The zero-order chi connectivity index (χ0) is 33.4. The molecule has 0 fully saturated rings. The maximum Gasteiger partial charge on any atom is 0.305 e. The molecule has 3 aromatic rings. The van der Waals surface area contributed by atoms with Gasteiger partial charge in [0.15, 0.2) is 0 Å². The van der Waals surface area contributed by atoms with E-state index >= 15 is 0 Å². The predicted molar refractivity (Wildman–Crippen MR) is 185 cm³/mol. The Morgan fingerprint density at radius 1 is 0.787 bits per heavy atom. The Labute approximate surface area is 273 Å². The van der Waals surface area contributed by atoms with Gasteiger partial charge >= 0.3 is 11.9 Å². The molecule has 6 heterocycles. The van der Waals surface area contributed by atoms with Gasteiger partial charge in [-0.05, 0) is 105 Å². The molecule has 0 saturated carbocycles. The number of aromatic amines is 2. The van der Waals surface area contributed by atoms with Crippen LogP contribution in [0.5, 0.6) is 0 Å². The molecule has 0 saturated heterocycles. The van der Waals surface area contributed by atoms with E-state index in [2.05, 4.69) is 52.8 Å². The Bertz CT molecular complexity index is 2080. The number of methoxy groups -OCH3 is 2. The number of allylic oxidation sites excluding steroid dienone is 4. The van der Waals surface area contributed by atoms with Crippen molar-refractivity contribution < 1.29 is 19.1 Å². The number of hydrogen-bond acceptors (Lipinski definition) is 8. The molecule has 10 heteroatoms. The highest BCUT2D eigenvalue weighted by Gasteiger charge is 2.25. The molecule has 0 aromatic carbocycles. The van der Waals surface area contributed by atoms with Crippen LogP contribution in [0.2, 0.25) is 0 Å². The molecule has 3 aromatic heterocycles. The third-order valence-corrected chi connectivity index (χ3v) is 9.51. The molecular weight excluding hydrogens is 592 g/mol. The summed E-state index contributed by atoms with van der Waals surface area (Å²) in [6.07, 6.45) is 4.09. The number of carbonyl (C=O) groups excluding carboxylic acids is 2. The van der Waals surface area contributed by atoms with Gasteiger partial charge in [0.1, 0.15) is 0 Å². The maximum atomic E-state index is 12.2. The number of fused-ring (bicyclic) bond motifs is 8. The minimum absolute atomic E-state index is 0.0344. The van der Waals surface area contributed by atoms with E-state index in [0.717, 1.165) is 95.8 Å². The molecule has 0 radical (unpaired) electrons. The second-order valence-corrected chi connectivity index (χ2v) is 12.2. The van der Waals surface area contributed by atoms with Gasteiger partial charge in [-0.1, -0.05) is 12.7 Å². The summed E-state index contributed by atoms with van der Waals surface area (Å²) in [5.74, 6) is -0.570. The Balaban J connectivity index is 1.70. The zero-order valence-corrected chi connectivity index (χ0v) is 27.8. The van der Waals surface area contributed by atoms with Crippen LogP contribution in [0.15, 0.2) is 41.1 Å². The Hall–Kier alpha value is -5.12. The Morgan fingerprint density at radius 3 is 1.87 bits per heavy atom. The minimum Gasteiger partial charge on any atom is -0.469 e. The highest BCUT2D eigenvalue weighted by molar-refractivity contribution is 5.97. The van der Waals surface area contributed by atoms with Crippen molar-refractivity contribution in [2.45, 2.75) is 65.8 Å². The lowest BCUT2D eigenvalue weighted by atomic mass is 9.98. The molecule has 10 nitrogen and oxygen atoms in total. The van der Waals surface area contributed by atoms with E-state index in [1.807, 2.05) is 32.1 Å². The number of carbonyl (C=O) groups is 2. The number of rotatable bonds is 8. The van der Waals surface area contributed by atoms with E-state index < -0.39 is 0 Å². The molecule has 0 amide bonds. The van der Waals surface area contributed by atoms with Crippen LogP contribution in [-0.4, -0.2) is 52.6 Å². The number of aromatic nitrogens is 4. The average Bonchev–Trinajstić information content (AvgIpc) is 3.86. The molecule has 2 N–H and O–H groups in total. The first-order chi connectivity index (χ1) is 22.6. The Morgan fingerprint density at radius 2 is 1.34 bits per heavy atom. The number of hydrogen-bond donors (Lipinski definition) is 2. The number of ether oxygens (including phenoxy) is 2. The van der Waals surface area contributed by atoms with Gasteiger partial charge < -0.3 is 19.4 Å².